The lowest BCUT2D eigenvalue weighted by atomic mass is 10.2. The Kier molecular flexibility index (Phi) is 15.7. The maximum absolute atomic E-state index is 12.3. The lowest BCUT2D eigenvalue weighted by molar-refractivity contribution is -0.137. The van der Waals surface area contributed by atoms with Crippen molar-refractivity contribution in [3.05, 3.63) is 0 Å². The van der Waals surface area contributed by atoms with Crippen molar-refractivity contribution in [1.29, 1.82) is 0 Å². The van der Waals surface area contributed by atoms with Crippen molar-refractivity contribution in [2.75, 3.05) is 52.7 Å². The average molecular weight is 406 g/mol. The molecule has 0 atom stereocenters. The number of carboxylic acid groups (broad SMARTS) is 1. The minimum atomic E-state index is -0.795. The summed E-state index contributed by atoms with van der Waals surface area (Å²) in [5, 5.41) is 8.68. The number of unbranched alkanes of at least 4 members (excludes halogenated alkanes) is 2. The van der Waals surface area contributed by atoms with Gasteiger partial charge in [-0.1, -0.05) is 13.3 Å². The van der Waals surface area contributed by atoms with E-state index in [4.69, 9.17) is 24.1 Å². The molecule has 0 heterocycles. The van der Waals surface area contributed by atoms with Crippen LogP contribution >= 0.6 is 0 Å². The molecule has 0 saturated heterocycles. The van der Waals surface area contributed by atoms with Crippen LogP contribution < -0.4 is 0 Å². The Morgan fingerprint density at radius 2 is 1.39 bits per heavy atom. The fraction of sp³-hybridized carbons (Fsp3) is 0.900. The highest BCUT2D eigenvalue weighted by Gasteiger charge is 2.21. The van der Waals surface area contributed by atoms with Crippen molar-refractivity contribution in [2.24, 2.45) is 0 Å². The Hall–Kier alpha value is -1.38. The molecule has 0 spiro atoms. The van der Waals surface area contributed by atoms with E-state index in [1.165, 1.54) is 0 Å². The molecule has 0 bridgehead atoms. The second-order valence-corrected chi connectivity index (χ2v) is 7.51. The van der Waals surface area contributed by atoms with Crippen molar-refractivity contribution >= 4 is 12.1 Å². The molecule has 0 aromatic heterocycles. The predicted molar refractivity (Wildman–Crippen MR) is 107 cm³/mol. The molecule has 166 valence electrons. The van der Waals surface area contributed by atoms with Crippen LogP contribution in [-0.2, 0) is 23.7 Å². The third-order valence-electron chi connectivity index (χ3n) is 3.57. The Bertz CT molecular complexity index is 410. The van der Waals surface area contributed by atoms with E-state index in [0.717, 1.165) is 25.9 Å². The molecule has 1 amide bonds. The lowest BCUT2D eigenvalue weighted by Gasteiger charge is -2.27. The summed E-state index contributed by atoms with van der Waals surface area (Å²) in [6, 6.07) is 0. The van der Waals surface area contributed by atoms with Gasteiger partial charge in [0.25, 0.3) is 0 Å². The standard InChI is InChI=1S/C20H39NO7/c1-5-12-25-14-16-27-17-15-26-13-11-21(19(24)28-20(2,3)4)10-8-6-7-9-18(22)23/h5-17H2,1-4H3,(H,22,23). The number of carbonyl (C=O) groups excluding carboxylic acids is 1. The summed E-state index contributed by atoms with van der Waals surface area (Å²) in [7, 11) is 0. The topological polar surface area (TPSA) is 94.5 Å². The smallest absolute Gasteiger partial charge is 0.410 e. The molecule has 8 nitrogen and oxygen atoms in total. The number of aliphatic carboxylic acids is 1. The number of hydrogen-bond acceptors (Lipinski definition) is 6. The van der Waals surface area contributed by atoms with Crippen LogP contribution in [0.15, 0.2) is 0 Å². The minimum Gasteiger partial charge on any atom is -0.481 e. The Labute approximate surface area is 169 Å². The zero-order valence-electron chi connectivity index (χ0n) is 18.0. The molecule has 0 aliphatic rings. The molecule has 0 radical (unpaired) electrons. The molecule has 8 heteroatoms. The monoisotopic (exact) mass is 405 g/mol. The molecule has 0 unspecified atom stereocenters. The second kappa shape index (κ2) is 16.6. The van der Waals surface area contributed by atoms with Crippen LogP contribution in [-0.4, -0.2) is 80.4 Å². The predicted octanol–water partition coefficient (Wildman–Crippen LogP) is 3.33. The van der Waals surface area contributed by atoms with Gasteiger partial charge in [-0.15, -0.1) is 0 Å². The van der Waals surface area contributed by atoms with Crippen molar-refractivity contribution in [1.82, 2.24) is 4.90 Å². The number of nitrogens with zero attached hydrogens (tertiary/aromatic N) is 1. The van der Waals surface area contributed by atoms with Gasteiger partial charge in [0.2, 0.25) is 0 Å². The Morgan fingerprint density at radius 1 is 0.821 bits per heavy atom. The van der Waals surface area contributed by atoms with Crippen LogP contribution in [0.25, 0.3) is 0 Å². The van der Waals surface area contributed by atoms with Crippen molar-refractivity contribution in [2.45, 2.75) is 65.4 Å². The molecule has 0 aromatic carbocycles. The number of hydrogen-bond donors (Lipinski definition) is 1. The number of amides is 1. The van der Waals surface area contributed by atoms with Crippen LogP contribution in [0.2, 0.25) is 0 Å². The zero-order chi connectivity index (χ0) is 21.3. The maximum Gasteiger partial charge on any atom is 0.410 e. The zero-order valence-corrected chi connectivity index (χ0v) is 18.0. The molecule has 0 aliphatic heterocycles. The number of carbonyl (C=O) groups is 2. The van der Waals surface area contributed by atoms with Gasteiger partial charge >= 0.3 is 12.1 Å². The summed E-state index contributed by atoms with van der Waals surface area (Å²) >= 11 is 0. The highest BCUT2D eigenvalue weighted by Crippen LogP contribution is 2.11. The molecule has 0 saturated carbocycles. The molecule has 0 aliphatic carbocycles. The van der Waals surface area contributed by atoms with Gasteiger partial charge in [-0.3, -0.25) is 4.79 Å². The molecule has 0 aromatic rings. The SMILES string of the molecule is CCCOCCOCCOCCN(CCCCCC(=O)O)C(=O)OC(C)(C)C. The van der Waals surface area contributed by atoms with Crippen LogP contribution in [0.1, 0.15) is 59.8 Å². The third-order valence-corrected chi connectivity index (χ3v) is 3.57. The summed E-state index contributed by atoms with van der Waals surface area (Å²) in [5.74, 6) is -0.795. The van der Waals surface area contributed by atoms with Gasteiger partial charge in [0.15, 0.2) is 0 Å². The molecule has 1 N–H and O–H groups in total. The number of carboxylic acids is 1. The van der Waals surface area contributed by atoms with E-state index in [9.17, 15) is 9.59 Å². The summed E-state index contributed by atoms with van der Waals surface area (Å²) in [5.41, 5.74) is -0.562. The van der Waals surface area contributed by atoms with Gasteiger partial charge < -0.3 is 29.0 Å². The molecule has 0 rings (SSSR count). The number of rotatable bonds is 17. The van der Waals surface area contributed by atoms with E-state index >= 15 is 0 Å². The van der Waals surface area contributed by atoms with Gasteiger partial charge in [0.1, 0.15) is 5.60 Å². The molecule has 0 fully saturated rings. The highest BCUT2D eigenvalue weighted by atomic mass is 16.6. The summed E-state index contributed by atoms with van der Waals surface area (Å²) in [4.78, 5) is 24.5. The molecular weight excluding hydrogens is 366 g/mol. The summed E-state index contributed by atoms with van der Waals surface area (Å²) < 4.78 is 21.7. The molecule has 28 heavy (non-hydrogen) atoms. The normalized spacial score (nSPS) is 11.4. The van der Waals surface area contributed by atoms with E-state index in [2.05, 4.69) is 6.92 Å². The Balaban J connectivity index is 4.03. The van der Waals surface area contributed by atoms with E-state index in [-0.39, 0.29) is 12.5 Å². The van der Waals surface area contributed by atoms with E-state index < -0.39 is 11.6 Å². The van der Waals surface area contributed by atoms with E-state index in [1.54, 1.807) is 4.90 Å². The summed E-state index contributed by atoms with van der Waals surface area (Å²) in [6.07, 6.45) is 2.86. The third kappa shape index (κ3) is 18.0. The first-order chi connectivity index (χ1) is 13.3. The second-order valence-electron chi connectivity index (χ2n) is 7.51. The van der Waals surface area contributed by atoms with Crippen LogP contribution in [0.5, 0.6) is 0 Å². The fourth-order valence-electron chi connectivity index (χ4n) is 2.24. The number of ether oxygens (including phenoxy) is 4. The van der Waals surface area contributed by atoms with E-state index in [0.29, 0.717) is 52.5 Å². The van der Waals surface area contributed by atoms with Gasteiger partial charge in [-0.2, -0.15) is 0 Å². The first-order valence-corrected chi connectivity index (χ1v) is 10.2. The van der Waals surface area contributed by atoms with Crippen LogP contribution in [0.4, 0.5) is 4.79 Å². The highest BCUT2D eigenvalue weighted by molar-refractivity contribution is 5.68. The van der Waals surface area contributed by atoms with Crippen molar-refractivity contribution in [3.8, 4) is 0 Å². The van der Waals surface area contributed by atoms with Crippen LogP contribution in [0.3, 0.4) is 0 Å². The summed E-state index contributed by atoms with van der Waals surface area (Å²) in [6.45, 7) is 11.7. The quantitative estimate of drug-likeness (QED) is 0.371. The largest absolute Gasteiger partial charge is 0.481 e. The van der Waals surface area contributed by atoms with Gasteiger partial charge in [-0.25, -0.2) is 4.79 Å². The average Bonchev–Trinajstić information content (AvgIpc) is 2.59. The lowest BCUT2D eigenvalue weighted by Crippen LogP contribution is -2.39. The maximum atomic E-state index is 12.3. The van der Waals surface area contributed by atoms with Crippen molar-refractivity contribution in [3.63, 3.8) is 0 Å². The molecular formula is C20H39NO7. The van der Waals surface area contributed by atoms with E-state index in [1.807, 2.05) is 20.8 Å². The Morgan fingerprint density at radius 3 is 1.93 bits per heavy atom. The first kappa shape index (κ1) is 26.6. The van der Waals surface area contributed by atoms with Gasteiger partial charge in [0.05, 0.1) is 33.0 Å². The minimum absolute atomic E-state index is 0.152. The first-order valence-electron chi connectivity index (χ1n) is 10.2. The van der Waals surface area contributed by atoms with Gasteiger partial charge in [-0.05, 0) is 40.0 Å². The van der Waals surface area contributed by atoms with Crippen molar-refractivity contribution < 1.29 is 33.6 Å². The van der Waals surface area contributed by atoms with Gasteiger partial charge in [0, 0.05) is 26.1 Å². The fourth-order valence-corrected chi connectivity index (χ4v) is 2.24. The van der Waals surface area contributed by atoms with Crippen LogP contribution in [0, 0.1) is 0 Å².